The first-order chi connectivity index (χ1) is 13.4. The average Bonchev–Trinajstić information content (AvgIpc) is 3.13. The average molecular weight is 386 g/mol. The zero-order valence-corrected chi connectivity index (χ0v) is 15.4. The van der Waals surface area contributed by atoms with Crippen LogP contribution in [0.15, 0.2) is 48.8 Å². The molecule has 1 aliphatic rings. The summed E-state index contributed by atoms with van der Waals surface area (Å²) in [5.74, 6) is 0.653. The molecule has 146 valence electrons. The fourth-order valence-electron chi connectivity index (χ4n) is 3.93. The summed E-state index contributed by atoms with van der Waals surface area (Å²) in [7, 11) is 0. The van der Waals surface area contributed by atoms with Crippen LogP contribution in [0.3, 0.4) is 0 Å². The highest BCUT2D eigenvalue weighted by molar-refractivity contribution is 5.83. The zero-order chi connectivity index (χ0) is 19.7. The van der Waals surface area contributed by atoms with E-state index < -0.39 is 11.7 Å². The van der Waals surface area contributed by atoms with Crippen molar-refractivity contribution >= 4 is 0 Å². The number of piperidine rings is 1. The van der Waals surface area contributed by atoms with Gasteiger partial charge in [-0.1, -0.05) is 19.1 Å². The molecule has 3 aromatic rings. The zero-order valence-electron chi connectivity index (χ0n) is 15.4. The van der Waals surface area contributed by atoms with Gasteiger partial charge in [0.2, 0.25) is 0 Å². The molecule has 4 nitrogen and oxygen atoms in total. The molecule has 0 amide bonds. The van der Waals surface area contributed by atoms with Crippen molar-refractivity contribution in [3.63, 3.8) is 0 Å². The van der Waals surface area contributed by atoms with Crippen molar-refractivity contribution in [2.75, 3.05) is 13.1 Å². The Labute approximate surface area is 161 Å². The Kier molecular flexibility index (Phi) is 4.93. The number of hydrogen-bond donors (Lipinski definition) is 2. The summed E-state index contributed by atoms with van der Waals surface area (Å²) >= 11 is 0. The van der Waals surface area contributed by atoms with E-state index in [-0.39, 0.29) is 5.92 Å². The third-order valence-corrected chi connectivity index (χ3v) is 5.38. The topological polar surface area (TPSA) is 53.6 Å². The maximum absolute atomic E-state index is 13.2. The molecule has 0 aliphatic carbocycles. The van der Waals surface area contributed by atoms with Gasteiger partial charge in [-0.2, -0.15) is 18.3 Å². The number of aromatic nitrogens is 3. The molecule has 2 N–H and O–H groups in total. The van der Waals surface area contributed by atoms with Crippen LogP contribution in [0, 0.1) is 5.92 Å². The van der Waals surface area contributed by atoms with Gasteiger partial charge in [0.15, 0.2) is 0 Å². The van der Waals surface area contributed by atoms with Gasteiger partial charge in [-0.15, -0.1) is 0 Å². The molecule has 0 bridgehead atoms. The second-order valence-corrected chi connectivity index (χ2v) is 7.25. The molecule has 1 saturated heterocycles. The first kappa shape index (κ1) is 18.7. The van der Waals surface area contributed by atoms with Gasteiger partial charge in [-0.05, 0) is 55.3 Å². The van der Waals surface area contributed by atoms with Gasteiger partial charge in [-0.25, -0.2) is 0 Å². The summed E-state index contributed by atoms with van der Waals surface area (Å²) in [6.07, 6.45) is -0.0687. The lowest BCUT2D eigenvalue weighted by atomic mass is 9.82. The Morgan fingerprint density at radius 3 is 2.57 bits per heavy atom. The standard InChI is InChI=1S/C21H21F3N4/c1-13-12-26-10-7-17(13)20-18(14-5-8-25-9-6-14)19(27-28-20)15-3-2-4-16(11-15)21(22,23)24/h2-6,8-9,11,13,17,26H,7,10,12H2,1H3,(H,27,28). The van der Waals surface area contributed by atoms with Crippen molar-refractivity contribution in [3.05, 3.63) is 60.0 Å². The van der Waals surface area contributed by atoms with E-state index in [1.807, 2.05) is 12.1 Å². The van der Waals surface area contributed by atoms with Gasteiger partial charge < -0.3 is 5.32 Å². The molecule has 28 heavy (non-hydrogen) atoms. The van der Waals surface area contributed by atoms with E-state index in [0.29, 0.717) is 17.2 Å². The van der Waals surface area contributed by atoms with Crippen LogP contribution < -0.4 is 5.32 Å². The predicted molar refractivity (Wildman–Crippen MR) is 102 cm³/mol. The van der Waals surface area contributed by atoms with Crippen LogP contribution in [0.5, 0.6) is 0 Å². The number of pyridine rings is 1. The monoisotopic (exact) mass is 386 g/mol. The highest BCUT2D eigenvalue weighted by Crippen LogP contribution is 2.41. The summed E-state index contributed by atoms with van der Waals surface area (Å²) < 4.78 is 39.6. The van der Waals surface area contributed by atoms with E-state index in [0.717, 1.165) is 48.5 Å². The van der Waals surface area contributed by atoms with Crippen LogP contribution in [0.1, 0.15) is 30.5 Å². The second kappa shape index (κ2) is 7.39. The molecular formula is C21H21F3N4. The Balaban J connectivity index is 1.87. The van der Waals surface area contributed by atoms with E-state index in [2.05, 4.69) is 27.4 Å². The van der Waals surface area contributed by atoms with E-state index >= 15 is 0 Å². The molecule has 1 fully saturated rings. The minimum Gasteiger partial charge on any atom is -0.316 e. The van der Waals surface area contributed by atoms with Crippen LogP contribution in [-0.2, 0) is 6.18 Å². The number of rotatable bonds is 3. The van der Waals surface area contributed by atoms with Gasteiger partial charge in [0.25, 0.3) is 0 Å². The summed E-state index contributed by atoms with van der Waals surface area (Å²) in [5.41, 5.74) is 3.05. The van der Waals surface area contributed by atoms with Crippen LogP contribution in [0.25, 0.3) is 22.4 Å². The van der Waals surface area contributed by atoms with Crippen molar-refractivity contribution in [1.82, 2.24) is 20.5 Å². The van der Waals surface area contributed by atoms with Crippen molar-refractivity contribution in [2.45, 2.75) is 25.4 Å². The molecule has 1 aliphatic heterocycles. The Hall–Kier alpha value is -2.67. The van der Waals surface area contributed by atoms with Gasteiger partial charge in [0, 0.05) is 35.1 Å². The van der Waals surface area contributed by atoms with Crippen molar-refractivity contribution < 1.29 is 13.2 Å². The smallest absolute Gasteiger partial charge is 0.316 e. The molecule has 3 heterocycles. The summed E-state index contributed by atoms with van der Waals surface area (Å²) in [6.45, 7) is 3.99. The molecule has 0 saturated carbocycles. The first-order valence-corrected chi connectivity index (χ1v) is 9.32. The number of H-pyrrole nitrogens is 1. The highest BCUT2D eigenvalue weighted by Gasteiger charge is 2.32. The van der Waals surface area contributed by atoms with Crippen LogP contribution >= 0.6 is 0 Å². The number of halogens is 3. The normalized spacial score (nSPS) is 20.3. The summed E-state index contributed by atoms with van der Waals surface area (Å²) in [5, 5.41) is 11.0. The van der Waals surface area contributed by atoms with Gasteiger partial charge in [0.05, 0.1) is 5.56 Å². The Morgan fingerprint density at radius 1 is 1.07 bits per heavy atom. The molecule has 4 rings (SSSR count). The Bertz CT molecular complexity index is 950. The van der Waals surface area contributed by atoms with Crippen LogP contribution in [0.2, 0.25) is 0 Å². The third-order valence-electron chi connectivity index (χ3n) is 5.38. The molecule has 0 spiro atoms. The molecule has 7 heteroatoms. The van der Waals surface area contributed by atoms with Gasteiger partial charge in [-0.3, -0.25) is 10.1 Å². The van der Waals surface area contributed by atoms with E-state index in [9.17, 15) is 13.2 Å². The van der Waals surface area contributed by atoms with E-state index in [1.54, 1.807) is 18.5 Å². The quantitative estimate of drug-likeness (QED) is 0.675. The van der Waals surface area contributed by atoms with Crippen molar-refractivity contribution in [1.29, 1.82) is 0 Å². The molecule has 2 aromatic heterocycles. The van der Waals surface area contributed by atoms with Crippen molar-refractivity contribution in [3.8, 4) is 22.4 Å². The minimum atomic E-state index is -4.39. The third kappa shape index (κ3) is 3.54. The lowest BCUT2D eigenvalue weighted by Crippen LogP contribution is -2.34. The van der Waals surface area contributed by atoms with Gasteiger partial charge in [0.1, 0.15) is 5.69 Å². The second-order valence-electron chi connectivity index (χ2n) is 7.25. The van der Waals surface area contributed by atoms with Crippen molar-refractivity contribution in [2.24, 2.45) is 5.92 Å². The highest BCUT2D eigenvalue weighted by atomic mass is 19.4. The molecule has 2 unspecified atom stereocenters. The van der Waals surface area contributed by atoms with E-state index in [4.69, 9.17) is 0 Å². The predicted octanol–water partition coefficient (Wildman–Crippen LogP) is 4.87. The van der Waals surface area contributed by atoms with Gasteiger partial charge >= 0.3 is 6.18 Å². The van der Waals surface area contributed by atoms with E-state index in [1.165, 1.54) is 6.07 Å². The lowest BCUT2D eigenvalue weighted by Gasteiger charge is -2.29. The summed E-state index contributed by atoms with van der Waals surface area (Å²) in [6, 6.07) is 9.09. The fourth-order valence-corrected chi connectivity index (χ4v) is 3.93. The molecule has 1 aromatic carbocycles. The minimum absolute atomic E-state index is 0.261. The maximum Gasteiger partial charge on any atom is 0.416 e. The fraction of sp³-hybridized carbons (Fsp3) is 0.333. The maximum atomic E-state index is 13.2. The first-order valence-electron chi connectivity index (χ1n) is 9.32. The number of alkyl halides is 3. The molecule has 2 atom stereocenters. The lowest BCUT2D eigenvalue weighted by molar-refractivity contribution is -0.137. The number of benzene rings is 1. The Morgan fingerprint density at radius 2 is 1.86 bits per heavy atom. The van der Waals surface area contributed by atoms with Crippen LogP contribution in [-0.4, -0.2) is 28.3 Å². The molecule has 0 radical (unpaired) electrons. The molecular weight excluding hydrogens is 365 g/mol. The SMILES string of the molecule is CC1CNCCC1c1[nH]nc(-c2cccc(C(F)(F)F)c2)c1-c1ccncc1. The van der Waals surface area contributed by atoms with Crippen LogP contribution in [0.4, 0.5) is 13.2 Å². The number of aromatic amines is 1. The number of nitrogens with one attached hydrogen (secondary N) is 2. The number of hydrogen-bond acceptors (Lipinski definition) is 3. The largest absolute Gasteiger partial charge is 0.416 e. The number of nitrogens with zero attached hydrogens (tertiary/aromatic N) is 2. The summed E-state index contributed by atoms with van der Waals surface area (Å²) in [4.78, 5) is 4.07.